The van der Waals surface area contributed by atoms with Gasteiger partial charge in [0.1, 0.15) is 11.2 Å². The third kappa shape index (κ3) is 2.58. The quantitative estimate of drug-likeness (QED) is 0.922. The van der Waals surface area contributed by atoms with Crippen LogP contribution in [0.2, 0.25) is 0 Å². The molecule has 108 valence electrons. The molecule has 2 aliphatic rings. The van der Waals surface area contributed by atoms with Gasteiger partial charge in [-0.15, -0.1) is 0 Å². The van der Waals surface area contributed by atoms with Crippen LogP contribution in [0.1, 0.15) is 25.7 Å². The Morgan fingerprint density at radius 3 is 3.00 bits per heavy atom. The lowest BCUT2D eigenvalue weighted by Gasteiger charge is -2.24. The number of para-hydroxylation sites is 1. The van der Waals surface area contributed by atoms with Crippen molar-refractivity contribution >= 4 is 22.0 Å². The maximum atomic E-state index is 12.5. The van der Waals surface area contributed by atoms with Crippen molar-refractivity contribution in [3.8, 4) is 0 Å². The molecule has 0 saturated carbocycles. The van der Waals surface area contributed by atoms with E-state index >= 15 is 0 Å². The number of sulfonamides is 1. The van der Waals surface area contributed by atoms with Crippen LogP contribution < -0.4 is 5.32 Å². The summed E-state index contributed by atoms with van der Waals surface area (Å²) in [6.07, 6.45) is 5.73. The predicted molar refractivity (Wildman–Crippen MR) is 78.7 cm³/mol. The van der Waals surface area contributed by atoms with Gasteiger partial charge in [0.15, 0.2) is 0 Å². The normalized spacial score (nSPS) is 23.8. The van der Waals surface area contributed by atoms with Crippen molar-refractivity contribution in [2.45, 2.75) is 36.6 Å². The highest BCUT2D eigenvalue weighted by atomic mass is 32.2. The third-order valence-electron chi connectivity index (χ3n) is 3.87. The lowest BCUT2D eigenvalue weighted by Crippen LogP contribution is -2.33. The zero-order valence-electron chi connectivity index (χ0n) is 11.3. The fraction of sp³-hybridized carbons (Fsp3) is 0.500. The Morgan fingerprint density at radius 1 is 1.35 bits per heavy atom. The second-order valence-corrected chi connectivity index (χ2v) is 7.12. The number of fused-ring (bicyclic) bond motifs is 1. The summed E-state index contributed by atoms with van der Waals surface area (Å²) in [5.41, 5.74) is 0.529. The van der Waals surface area contributed by atoms with Crippen LogP contribution >= 0.6 is 0 Å². The van der Waals surface area contributed by atoms with Gasteiger partial charge in [0.2, 0.25) is 0 Å². The van der Waals surface area contributed by atoms with Gasteiger partial charge in [-0.1, -0.05) is 12.1 Å². The van der Waals surface area contributed by atoms with Gasteiger partial charge in [-0.05, 0) is 44.4 Å². The number of benzene rings is 1. The van der Waals surface area contributed by atoms with Crippen LogP contribution in [0, 0.1) is 0 Å². The summed E-state index contributed by atoms with van der Waals surface area (Å²) in [7, 11) is -3.41. The van der Waals surface area contributed by atoms with E-state index in [0.717, 1.165) is 19.4 Å². The number of nitrogens with zero attached hydrogens (tertiary/aromatic N) is 2. The summed E-state index contributed by atoms with van der Waals surface area (Å²) in [5.74, 6) is 0. The van der Waals surface area contributed by atoms with Gasteiger partial charge in [-0.2, -0.15) is 0 Å². The molecule has 1 aromatic carbocycles. The van der Waals surface area contributed by atoms with E-state index in [4.69, 9.17) is 0 Å². The largest absolute Gasteiger partial charge is 0.314 e. The SMILES string of the molecule is O=S1(=O)c2ccccc2N=CN1CCCC1CCCN1. The Balaban J connectivity index is 1.66. The van der Waals surface area contributed by atoms with Crippen LogP contribution in [-0.2, 0) is 10.0 Å². The molecule has 0 amide bonds. The highest BCUT2D eigenvalue weighted by Crippen LogP contribution is 2.29. The molecule has 0 radical (unpaired) electrons. The molecular weight excluding hydrogens is 274 g/mol. The average molecular weight is 293 g/mol. The van der Waals surface area contributed by atoms with E-state index in [2.05, 4.69) is 10.3 Å². The Hall–Kier alpha value is -1.40. The molecule has 1 N–H and O–H groups in total. The Bertz CT molecular complexity index is 607. The minimum Gasteiger partial charge on any atom is -0.314 e. The molecule has 0 spiro atoms. The van der Waals surface area contributed by atoms with E-state index in [0.29, 0.717) is 23.2 Å². The fourth-order valence-corrected chi connectivity index (χ4v) is 4.20. The molecule has 0 aromatic heterocycles. The molecule has 0 bridgehead atoms. The predicted octanol–water partition coefficient (Wildman–Crippen LogP) is 1.88. The van der Waals surface area contributed by atoms with E-state index in [-0.39, 0.29) is 0 Å². The molecule has 0 aliphatic carbocycles. The van der Waals surface area contributed by atoms with Gasteiger partial charge in [0.05, 0.1) is 5.69 Å². The highest BCUT2D eigenvalue weighted by molar-refractivity contribution is 7.89. The maximum Gasteiger partial charge on any atom is 0.267 e. The van der Waals surface area contributed by atoms with Crippen LogP contribution in [-0.4, -0.2) is 38.2 Å². The summed E-state index contributed by atoms with van der Waals surface area (Å²) in [5, 5.41) is 3.43. The highest BCUT2D eigenvalue weighted by Gasteiger charge is 2.28. The summed E-state index contributed by atoms with van der Waals surface area (Å²) < 4.78 is 26.3. The van der Waals surface area contributed by atoms with E-state index < -0.39 is 10.0 Å². The smallest absolute Gasteiger partial charge is 0.267 e. The van der Waals surface area contributed by atoms with Crippen molar-refractivity contribution in [2.24, 2.45) is 4.99 Å². The van der Waals surface area contributed by atoms with Gasteiger partial charge in [-0.25, -0.2) is 13.4 Å². The zero-order valence-corrected chi connectivity index (χ0v) is 12.1. The minimum absolute atomic E-state index is 0.307. The lowest BCUT2D eigenvalue weighted by atomic mass is 10.1. The van der Waals surface area contributed by atoms with Crippen molar-refractivity contribution in [1.82, 2.24) is 9.62 Å². The van der Waals surface area contributed by atoms with Crippen molar-refractivity contribution in [3.05, 3.63) is 24.3 Å². The topological polar surface area (TPSA) is 61.8 Å². The first-order valence-corrected chi connectivity index (χ1v) is 8.50. The Kier molecular flexibility index (Phi) is 3.76. The number of rotatable bonds is 4. The first kappa shape index (κ1) is 13.6. The Morgan fingerprint density at radius 2 is 2.20 bits per heavy atom. The molecule has 2 heterocycles. The first-order chi connectivity index (χ1) is 9.68. The molecule has 3 rings (SSSR count). The lowest BCUT2D eigenvalue weighted by molar-refractivity contribution is 0.476. The van der Waals surface area contributed by atoms with Crippen molar-refractivity contribution in [1.29, 1.82) is 0 Å². The fourth-order valence-electron chi connectivity index (χ4n) is 2.77. The van der Waals surface area contributed by atoms with Gasteiger partial charge in [-0.3, -0.25) is 4.31 Å². The maximum absolute atomic E-state index is 12.5. The van der Waals surface area contributed by atoms with Gasteiger partial charge in [0.25, 0.3) is 10.0 Å². The van der Waals surface area contributed by atoms with Crippen LogP contribution in [0.5, 0.6) is 0 Å². The van der Waals surface area contributed by atoms with Crippen LogP contribution in [0.4, 0.5) is 5.69 Å². The third-order valence-corrected chi connectivity index (χ3v) is 5.67. The second kappa shape index (κ2) is 5.54. The number of nitrogens with one attached hydrogen (secondary N) is 1. The molecule has 1 unspecified atom stereocenters. The summed E-state index contributed by atoms with van der Waals surface area (Å²) >= 11 is 0. The van der Waals surface area contributed by atoms with Crippen LogP contribution in [0.3, 0.4) is 0 Å². The summed E-state index contributed by atoms with van der Waals surface area (Å²) in [6.45, 7) is 1.58. The average Bonchev–Trinajstić information content (AvgIpc) is 2.95. The summed E-state index contributed by atoms with van der Waals surface area (Å²) in [6, 6.07) is 7.42. The summed E-state index contributed by atoms with van der Waals surface area (Å²) in [4.78, 5) is 4.53. The number of aliphatic imine (C=N–C) groups is 1. The van der Waals surface area contributed by atoms with Gasteiger partial charge >= 0.3 is 0 Å². The van der Waals surface area contributed by atoms with Gasteiger partial charge in [0, 0.05) is 12.6 Å². The Labute approximate surface area is 119 Å². The molecule has 2 aliphatic heterocycles. The van der Waals surface area contributed by atoms with Crippen LogP contribution in [0.25, 0.3) is 0 Å². The molecular formula is C14H19N3O2S. The second-order valence-electron chi connectivity index (χ2n) is 5.26. The molecule has 6 heteroatoms. The van der Waals surface area contributed by atoms with E-state index in [1.54, 1.807) is 24.3 Å². The van der Waals surface area contributed by atoms with Gasteiger partial charge < -0.3 is 5.32 Å². The molecule has 1 saturated heterocycles. The first-order valence-electron chi connectivity index (χ1n) is 7.06. The zero-order chi connectivity index (χ0) is 14.0. The monoisotopic (exact) mass is 293 g/mol. The molecule has 5 nitrogen and oxygen atoms in total. The van der Waals surface area contributed by atoms with E-state index in [1.807, 2.05) is 0 Å². The van der Waals surface area contributed by atoms with E-state index in [1.165, 1.54) is 23.5 Å². The minimum atomic E-state index is -3.41. The number of hydrogen-bond acceptors (Lipinski definition) is 4. The van der Waals surface area contributed by atoms with Crippen LogP contribution in [0.15, 0.2) is 34.2 Å². The standard InChI is InChI=1S/C14H19N3O2S/c18-20(19)14-8-2-1-7-13(14)16-11-17(20)10-4-6-12-5-3-9-15-12/h1-2,7-8,11-12,15H,3-6,9-10H2. The van der Waals surface area contributed by atoms with E-state index in [9.17, 15) is 8.42 Å². The van der Waals surface area contributed by atoms with Crippen molar-refractivity contribution in [3.63, 3.8) is 0 Å². The molecule has 20 heavy (non-hydrogen) atoms. The molecule has 1 aromatic rings. The number of hydrogen-bond donors (Lipinski definition) is 1. The molecule has 1 fully saturated rings. The van der Waals surface area contributed by atoms with Crippen molar-refractivity contribution in [2.75, 3.05) is 13.1 Å². The molecule has 1 atom stereocenters. The van der Waals surface area contributed by atoms with Crippen molar-refractivity contribution < 1.29 is 8.42 Å².